The Bertz CT molecular complexity index is 759. The molecule has 0 heterocycles. The van der Waals surface area contributed by atoms with Crippen molar-refractivity contribution in [2.45, 2.75) is 0 Å². The van der Waals surface area contributed by atoms with Gasteiger partial charge in [-0.1, -0.05) is 91.0 Å². The van der Waals surface area contributed by atoms with Gasteiger partial charge in [0.25, 0.3) is 0 Å². The first kappa shape index (κ1) is 18.5. The largest absolute Gasteiger partial charge is 0.184 e. The number of hydrogen-bond acceptors (Lipinski definition) is 0. The number of hydrogen-bond donors (Lipinski definition) is 0. The standard InChI is InChI=1S/C24H19Si.Ir/c1-5-13-21(14-6-1)25(22-15-7-2-8-16-22,23-17-9-3-10-18-23)24-19-11-4-12-20-24;/h1-3,5-20H;/q-1;. The van der Waals surface area contributed by atoms with E-state index in [2.05, 4.69) is 109 Å². The summed E-state index contributed by atoms with van der Waals surface area (Å²) < 4.78 is 0. The predicted molar refractivity (Wildman–Crippen MR) is 109 cm³/mol. The summed E-state index contributed by atoms with van der Waals surface area (Å²) in [5.41, 5.74) is 0. The Morgan fingerprint density at radius 3 is 1.08 bits per heavy atom. The third-order valence-corrected chi connectivity index (χ3v) is 9.57. The third kappa shape index (κ3) is 3.24. The van der Waals surface area contributed by atoms with Crippen LogP contribution in [-0.4, -0.2) is 8.07 Å². The molecule has 0 aliphatic carbocycles. The molecular formula is C24H19IrSi-. The van der Waals surface area contributed by atoms with Crippen LogP contribution >= 0.6 is 0 Å². The van der Waals surface area contributed by atoms with Crippen molar-refractivity contribution in [2.24, 2.45) is 0 Å². The zero-order chi connectivity index (χ0) is 17.0. The molecule has 129 valence electrons. The van der Waals surface area contributed by atoms with E-state index < -0.39 is 8.07 Å². The summed E-state index contributed by atoms with van der Waals surface area (Å²) in [5, 5.41) is 5.59. The van der Waals surface area contributed by atoms with Crippen LogP contribution in [0.1, 0.15) is 0 Å². The summed E-state index contributed by atoms with van der Waals surface area (Å²) in [6.45, 7) is 0. The molecule has 0 N–H and O–H groups in total. The summed E-state index contributed by atoms with van der Waals surface area (Å²) in [7, 11) is -2.32. The Hall–Kier alpha value is -2.25. The summed E-state index contributed by atoms with van der Waals surface area (Å²) in [5.74, 6) is 0. The van der Waals surface area contributed by atoms with E-state index in [0.29, 0.717) is 0 Å². The maximum absolute atomic E-state index is 3.18. The molecule has 0 saturated heterocycles. The van der Waals surface area contributed by atoms with Crippen LogP contribution in [0.25, 0.3) is 0 Å². The van der Waals surface area contributed by atoms with E-state index in [9.17, 15) is 0 Å². The number of benzene rings is 4. The molecule has 0 atom stereocenters. The van der Waals surface area contributed by atoms with Crippen molar-refractivity contribution >= 4 is 28.8 Å². The second-order valence-corrected chi connectivity index (χ2v) is 9.95. The molecule has 0 unspecified atom stereocenters. The maximum atomic E-state index is 3.18. The van der Waals surface area contributed by atoms with Gasteiger partial charge in [-0.3, -0.25) is 0 Å². The van der Waals surface area contributed by atoms with Crippen LogP contribution in [0.15, 0.2) is 115 Å². The molecule has 2 heteroatoms. The molecule has 26 heavy (non-hydrogen) atoms. The van der Waals surface area contributed by atoms with Gasteiger partial charge in [-0.15, -0.1) is 0 Å². The van der Waals surface area contributed by atoms with Gasteiger partial charge in [-0.05, 0) is 15.6 Å². The normalized spacial score (nSPS) is 10.8. The Labute approximate surface area is 169 Å². The molecule has 0 bridgehead atoms. The van der Waals surface area contributed by atoms with Gasteiger partial charge in [-0.2, -0.15) is 35.5 Å². The Kier molecular flexibility index (Phi) is 6.00. The fourth-order valence-electron chi connectivity index (χ4n) is 3.70. The molecule has 1 radical (unpaired) electrons. The average molecular weight is 528 g/mol. The van der Waals surface area contributed by atoms with Crippen molar-refractivity contribution in [3.63, 3.8) is 0 Å². The topological polar surface area (TPSA) is 0 Å². The zero-order valence-corrected chi connectivity index (χ0v) is 17.7. The average Bonchev–Trinajstić information content (AvgIpc) is 2.72. The first-order valence-electron chi connectivity index (χ1n) is 8.55. The van der Waals surface area contributed by atoms with E-state index in [1.54, 1.807) is 0 Å². The third-order valence-electron chi connectivity index (χ3n) is 4.77. The molecule has 4 rings (SSSR count). The first-order chi connectivity index (χ1) is 12.4. The van der Waals surface area contributed by atoms with Crippen LogP contribution < -0.4 is 20.7 Å². The van der Waals surface area contributed by atoms with Gasteiger partial charge >= 0.3 is 0 Å². The Morgan fingerprint density at radius 2 is 0.731 bits per heavy atom. The fourth-order valence-corrected chi connectivity index (χ4v) is 8.45. The number of rotatable bonds is 4. The van der Waals surface area contributed by atoms with E-state index in [4.69, 9.17) is 0 Å². The molecule has 0 aliphatic heterocycles. The zero-order valence-electron chi connectivity index (χ0n) is 14.3. The predicted octanol–water partition coefficient (Wildman–Crippen LogP) is 2.86. The molecule has 0 saturated carbocycles. The van der Waals surface area contributed by atoms with Crippen molar-refractivity contribution < 1.29 is 20.1 Å². The van der Waals surface area contributed by atoms with Gasteiger partial charge < -0.3 is 0 Å². The van der Waals surface area contributed by atoms with Crippen LogP contribution in [0.3, 0.4) is 0 Å². The molecule has 4 aromatic rings. The summed E-state index contributed by atoms with van der Waals surface area (Å²) >= 11 is 0. The minimum absolute atomic E-state index is 0. The Morgan fingerprint density at radius 1 is 0.423 bits per heavy atom. The van der Waals surface area contributed by atoms with E-state index >= 15 is 0 Å². The fraction of sp³-hybridized carbons (Fsp3) is 0. The van der Waals surface area contributed by atoms with Gasteiger partial charge in [0.15, 0.2) is 8.07 Å². The molecule has 4 aromatic carbocycles. The van der Waals surface area contributed by atoms with E-state index in [-0.39, 0.29) is 20.1 Å². The van der Waals surface area contributed by atoms with Crippen molar-refractivity contribution in [3.8, 4) is 0 Å². The van der Waals surface area contributed by atoms with Crippen LogP contribution in [0.4, 0.5) is 0 Å². The van der Waals surface area contributed by atoms with Crippen molar-refractivity contribution in [1.29, 1.82) is 0 Å². The minimum atomic E-state index is -2.32. The summed E-state index contributed by atoms with van der Waals surface area (Å²) in [6.07, 6.45) is 0. The van der Waals surface area contributed by atoms with E-state index in [1.807, 2.05) is 12.1 Å². The van der Waals surface area contributed by atoms with Crippen LogP contribution in [0.2, 0.25) is 0 Å². The van der Waals surface area contributed by atoms with E-state index in [1.165, 1.54) is 20.7 Å². The van der Waals surface area contributed by atoms with Crippen molar-refractivity contribution in [3.05, 3.63) is 121 Å². The van der Waals surface area contributed by atoms with Gasteiger partial charge in [0.1, 0.15) is 0 Å². The van der Waals surface area contributed by atoms with Crippen molar-refractivity contribution in [1.82, 2.24) is 0 Å². The van der Waals surface area contributed by atoms with Crippen molar-refractivity contribution in [2.75, 3.05) is 0 Å². The van der Waals surface area contributed by atoms with Crippen LogP contribution in [0, 0.1) is 6.07 Å². The quantitative estimate of drug-likeness (QED) is 0.218. The minimum Gasteiger partial charge on any atom is -0.184 e. The van der Waals surface area contributed by atoms with Gasteiger partial charge in [0.05, 0.1) is 0 Å². The summed E-state index contributed by atoms with van der Waals surface area (Å²) in [4.78, 5) is 0. The van der Waals surface area contributed by atoms with Gasteiger partial charge in [0, 0.05) is 20.1 Å². The smallest absolute Gasteiger partial charge is 0.155 e. The molecule has 0 spiro atoms. The molecule has 0 aromatic heterocycles. The van der Waals surface area contributed by atoms with Crippen LogP contribution in [0.5, 0.6) is 0 Å². The monoisotopic (exact) mass is 528 g/mol. The molecular weight excluding hydrogens is 509 g/mol. The second-order valence-electron chi connectivity index (χ2n) is 6.14. The second kappa shape index (κ2) is 8.42. The van der Waals surface area contributed by atoms with Gasteiger partial charge in [-0.25, -0.2) is 0 Å². The first-order valence-corrected chi connectivity index (χ1v) is 10.6. The molecule has 0 fully saturated rings. The molecule has 0 aliphatic rings. The van der Waals surface area contributed by atoms with E-state index in [0.717, 1.165) is 0 Å². The maximum Gasteiger partial charge on any atom is 0.155 e. The molecule has 0 amide bonds. The Balaban J connectivity index is 0.00000196. The van der Waals surface area contributed by atoms with Gasteiger partial charge in [0.2, 0.25) is 0 Å². The SMILES string of the molecule is [Ir].[c-]1ccc([Si](c2ccccc2)(c2ccccc2)c2ccccc2)cc1. The molecule has 0 nitrogen and oxygen atoms in total. The van der Waals surface area contributed by atoms with Crippen LogP contribution in [-0.2, 0) is 20.1 Å². The summed E-state index contributed by atoms with van der Waals surface area (Å²) in [6, 6.07) is 44.6.